The molecule has 0 fully saturated rings. The van der Waals surface area contributed by atoms with E-state index in [4.69, 9.17) is 9.47 Å². The number of nitrogens with zero attached hydrogens (tertiary/aromatic N) is 4. The Morgan fingerprint density at radius 2 is 1.63 bits per heavy atom. The average Bonchev–Trinajstić information content (AvgIpc) is 3.31. The molecule has 4 rings (SSSR count). The summed E-state index contributed by atoms with van der Waals surface area (Å²) in [6.45, 7) is 5.38. The first-order valence-corrected chi connectivity index (χ1v) is 12.3. The summed E-state index contributed by atoms with van der Waals surface area (Å²) in [6, 6.07) is 19.3. The molecule has 0 atom stereocenters. The normalized spacial score (nSPS) is 10.7. The lowest BCUT2D eigenvalue weighted by Gasteiger charge is -2.11. The third kappa shape index (κ3) is 6.60. The highest BCUT2D eigenvalue weighted by atomic mass is 32.2. The summed E-state index contributed by atoms with van der Waals surface area (Å²) < 4.78 is 13.1. The van der Waals surface area contributed by atoms with Gasteiger partial charge in [-0.15, -0.1) is 10.2 Å². The predicted molar refractivity (Wildman–Crippen MR) is 136 cm³/mol. The molecule has 0 aliphatic heterocycles. The smallest absolute Gasteiger partial charge is 0.230 e. The van der Waals surface area contributed by atoms with Crippen LogP contribution in [0.25, 0.3) is 17.1 Å². The van der Waals surface area contributed by atoms with Gasteiger partial charge in [0.2, 0.25) is 5.91 Å². The Morgan fingerprint density at radius 3 is 2.31 bits per heavy atom. The van der Waals surface area contributed by atoms with Crippen LogP contribution in [0.4, 0.5) is 0 Å². The molecule has 0 aliphatic carbocycles. The van der Waals surface area contributed by atoms with Crippen molar-refractivity contribution in [2.75, 3.05) is 25.5 Å². The van der Waals surface area contributed by atoms with Crippen molar-refractivity contribution >= 4 is 17.7 Å². The van der Waals surface area contributed by atoms with E-state index in [9.17, 15) is 4.79 Å². The zero-order valence-corrected chi connectivity index (χ0v) is 20.5. The van der Waals surface area contributed by atoms with Gasteiger partial charge in [0.1, 0.15) is 18.1 Å². The lowest BCUT2D eigenvalue weighted by atomic mass is 10.2. The van der Waals surface area contributed by atoms with E-state index in [0.717, 1.165) is 28.3 Å². The number of hydrogen-bond donors (Lipinski definition) is 1. The van der Waals surface area contributed by atoms with Gasteiger partial charge in [0.15, 0.2) is 11.0 Å². The van der Waals surface area contributed by atoms with Gasteiger partial charge in [-0.2, -0.15) is 0 Å². The van der Waals surface area contributed by atoms with Crippen molar-refractivity contribution in [3.05, 3.63) is 78.6 Å². The van der Waals surface area contributed by atoms with Gasteiger partial charge in [-0.05, 0) is 62.4 Å². The molecule has 1 N–H and O–H groups in total. The Balaban J connectivity index is 1.34. The Hall–Kier alpha value is -3.85. The number of amides is 1. The minimum atomic E-state index is -0.103. The molecule has 0 spiro atoms. The van der Waals surface area contributed by atoms with Gasteiger partial charge in [-0.25, -0.2) is 0 Å². The van der Waals surface area contributed by atoms with Crippen LogP contribution in [0.3, 0.4) is 0 Å². The second-order valence-corrected chi connectivity index (χ2v) is 8.55. The fourth-order valence-electron chi connectivity index (χ4n) is 3.32. The molecule has 2 heterocycles. The van der Waals surface area contributed by atoms with Gasteiger partial charge in [-0.1, -0.05) is 29.5 Å². The van der Waals surface area contributed by atoms with Crippen LogP contribution in [0.15, 0.2) is 78.2 Å². The lowest BCUT2D eigenvalue weighted by Crippen LogP contribution is -2.29. The molecule has 0 radical (unpaired) electrons. The highest BCUT2D eigenvalue weighted by Gasteiger charge is 2.17. The summed E-state index contributed by atoms with van der Waals surface area (Å²) in [6.07, 6.45) is 3.44. The van der Waals surface area contributed by atoms with Gasteiger partial charge in [0.05, 0.1) is 18.9 Å². The number of thioether (sulfide) groups is 1. The van der Waals surface area contributed by atoms with Crippen molar-refractivity contribution in [1.82, 2.24) is 25.1 Å². The predicted octanol–water partition coefficient (Wildman–Crippen LogP) is 4.32. The van der Waals surface area contributed by atoms with Crippen LogP contribution < -0.4 is 14.8 Å². The molecule has 0 saturated heterocycles. The first-order valence-electron chi connectivity index (χ1n) is 11.3. The Morgan fingerprint density at radius 1 is 0.943 bits per heavy atom. The Labute approximate surface area is 208 Å². The molecular formula is C26H27N5O3S. The van der Waals surface area contributed by atoms with Crippen molar-refractivity contribution < 1.29 is 14.3 Å². The molecule has 9 heteroatoms. The third-order valence-corrected chi connectivity index (χ3v) is 5.95. The Bertz CT molecular complexity index is 1230. The SMILES string of the molecule is CCOc1ccc(OCCNC(=O)CSc2nnc(-c3ccncc3)n2-c2ccc(C)cc2)cc1. The van der Waals surface area contributed by atoms with Crippen molar-refractivity contribution in [3.8, 4) is 28.6 Å². The maximum atomic E-state index is 12.4. The molecule has 2 aromatic heterocycles. The van der Waals surface area contributed by atoms with Crippen LogP contribution in [0, 0.1) is 6.92 Å². The largest absolute Gasteiger partial charge is 0.494 e. The van der Waals surface area contributed by atoms with E-state index in [-0.39, 0.29) is 11.7 Å². The highest BCUT2D eigenvalue weighted by molar-refractivity contribution is 7.99. The van der Waals surface area contributed by atoms with E-state index in [1.165, 1.54) is 11.8 Å². The number of benzene rings is 2. The fourth-order valence-corrected chi connectivity index (χ4v) is 4.10. The van der Waals surface area contributed by atoms with Crippen molar-refractivity contribution in [2.24, 2.45) is 0 Å². The first-order chi connectivity index (χ1) is 17.1. The maximum Gasteiger partial charge on any atom is 0.230 e. The summed E-state index contributed by atoms with van der Waals surface area (Å²) in [5, 5.41) is 12.3. The van der Waals surface area contributed by atoms with Crippen LogP contribution in [-0.2, 0) is 4.79 Å². The van der Waals surface area contributed by atoms with Gasteiger partial charge < -0.3 is 14.8 Å². The standard InChI is InChI=1S/C26H27N5O3S/c1-3-33-22-8-10-23(11-9-22)34-17-16-28-24(32)18-35-26-30-29-25(20-12-14-27-15-13-20)31(26)21-6-4-19(2)5-7-21/h4-15H,3,16-18H2,1-2H3,(H,28,32). The van der Waals surface area contributed by atoms with Crippen molar-refractivity contribution in [2.45, 2.75) is 19.0 Å². The molecule has 0 saturated carbocycles. The number of ether oxygens (including phenoxy) is 2. The molecule has 2 aromatic carbocycles. The summed E-state index contributed by atoms with van der Waals surface area (Å²) in [5.41, 5.74) is 2.99. The fraction of sp³-hybridized carbons (Fsp3) is 0.231. The van der Waals surface area contributed by atoms with Crippen LogP contribution in [0.5, 0.6) is 11.5 Å². The number of carbonyl (C=O) groups excluding carboxylic acids is 1. The first kappa shape index (κ1) is 24.3. The molecule has 0 aliphatic rings. The topological polar surface area (TPSA) is 91.2 Å². The van der Waals surface area contributed by atoms with Crippen LogP contribution in [0.1, 0.15) is 12.5 Å². The quantitative estimate of drug-likeness (QED) is 0.248. The zero-order valence-electron chi connectivity index (χ0n) is 19.7. The molecule has 35 heavy (non-hydrogen) atoms. The zero-order chi connectivity index (χ0) is 24.5. The van der Waals surface area contributed by atoms with E-state index in [2.05, 4.69) is 20.5 Å². The van der Waals surface area contributed by atoms with E-state index in [0.29, 0.717) is 30.7 Å². The molecule has 0 bridgehead atoms. The number of carbonyl (C=O) groups is 1. The summed E-state index contributed by atoms with van der Waals surface area (Å²) in [5.74, 6) is 2.34. The van der Waals surface area contributed by atoms with Gasteiger partial charge >= 0.3 is 0 Å². The van der Waals surface area contributed by atoms with Gasteiger partial charge in [0.25, 0.3) is 0 Å². The van der Waals surface area contributed by atoms with Crippen LogP contribution >= 0.6 is 11.8 Å². The minimum absolute atomic E-state index is 0.103. The van der Waals surface area contributed by atoms with Crippen molar-refractivity contribution in [1.29, 1.82) is 0 Å². The second kappa shape index (κ2) is 12.0. The molecule has 4 aromatic rings. The number of aromatic nitrogens is 4. The van der Waals surface area contributed by atoms with E-state index < -0.39 is 0 Å². The Kier molecular flexibility index (Phi) is 8.34. The number of hydrogen-bond acceptors (Lipinski definition) is 7. The highest BCUT2D eigenvalue weighted by Crippen LogP contribution is 2.27. The minimum Gasteiger partial charge on any atom is -0.494 e. The third-order valence-electron chi connectivity index (χ3n) is 5.02. The summed E-state index contributed by atoms with van der Waals surface area (Å²) in [7, 11) is 0. The molecular weight excluding hydrogens is 462 g/mol. The number of rotatable bonds is 11. The van der Waals surface area contributed by atoms with Crippen LogP contribution in [0.2, 0.25) is 0 Å². The van der Waals surface area contributed by atoms with E-state index in [1.54, 1.807) is 12.4 Å². The number of pyridine rings is 1. The van der Waals surface area contributed by atoms with Gasteiger partial charge in [-0.3, -0.25) is 14.3 Å². The van der Waals surface area contributed by atoms with E-state index >= 15 is 0 Å². The molecule has 8 nitrogen and oxygen atoms in total. The van der Waals surface area contributed by atoms with Gasteiger partial charge in [0, 0.05) is 23.6 Å². The van der Waals surface area contributed by atoms with Crippen LogP contribution in [-0.4, -0.2) is 51.2 Å². The average molecular weight is 490 g/mol. The molecule has 0 unspecified atom stereocenters. The van der Waals surface area contributed by atoms with Crippen molar-refractivity contribution in [3.63, 3.8) is 0 Å². The number of nitrogens with one attached hydrogen (secondary N) is 1. The maximum absolute atomic E-state index is 12.4. The summed E-state index contributed by atoms with van der Waals surface area (Å²) >= 11 is 1.34. The number of aryl methyl sites for hydroxylation is 1. The monoisotopic (exact) mass is 489 g/mol. The lowest BCUT2D eigenvalue weighted by molar-refractivity contribution is -0.118. The second-order valence-electron chi connectivity index (χ2n) is 7.60. The van der Waals surface area contributed by atoms with E-state index in [1.807, 2.05) is 79.1 Å². The summed E-state index contributed by atoms with van der Waals surface area (Å²) in [4.78, 5) is 16.5. The molecule has 1 amide bonds. The molecule has 180 valence electrons.